The molecule has 0 heterocycles. The lowest BCUT2D eigenvalue weighted by Gasteiger charge is -2.26. The Morgan fingerprint density at radius 3 is 2.00 bits per heavy atom. The quantitative estimate of drug-likeness (QED) is 0.896. The van der Waals surface area contributed by atoms with Gasteiger partial charge in [0, 0.05) is 5.56 Å². The number of carbonyl (C=O) groups is 1. The first-order chi connectivity index (χ1) is 8.63. The summed E-state index contributed by atoms with van der Waals surface area (Å²) in [6.07, 6.45) is 0. The largest absolute Gasteiger partial charge is 0.478 e. The van der Waals surface area contributed by atoms with Crippen molar-refractivity contribution in [3.05, 3.63) is 66.2 Å². The fraction of sp³-hybridized carbons (Fsp3) is 0.133. The van der Waals surface area contributed by atoms with Gasteiger partial charge in [-0.2, -0.15) is 0 Å². The van der Waals surface area contributed by atoms with Crippen molar-refractivity contribution < 1.29 is 14.6 Å². The summed E-state index contributed by atoms with van der Waals surface area (Å²) in [6.45, 7) is 1.55. The molecule has 0 radical (unpaired) electrons. The molecule has 1 N–H and O–H groups in total. The van der Waals surface area contributed by atoms with Gasteiger partial charge in [-0.15, -0.1) is 0 Å². The lowest BCUT2D eigenvalue weighted by Crippen LogP contribution is -2.38. The highest BCUT2D eigenvalue weighted by atomic mass is 16.5. The minimum Gasteiger partial charge on any atom is -0.478 e. The van der Waals surface area contributed by atoms with E-state index < -0.39 is 11.6 Å². The maximum Gasteiger partial charge on any atom is 0.352 e. The molecule has 0 saturated carbocycles. The highest BCUT2D eigenvalue weighted by Gasteiger charge is 2.37. The third kappa shape index (κ3) is 2.35. The monoisotopic (exact) mass is 242 g/mol. The Kier molecular flexibility index (Phi) is 3.33. The Morgan fingerprint density at radius 2 is 1.50 bits per heavy atom. The summed E-state index contributed by atoms with van der Waals surface area (Å²) in [5.74, 6) is -0.483. The van der Waals surface area contributed by atoms with E-state index in [2.05, 4.69) is 0 Å². The van der Waals surface area contributed by atoms with Crippen LogP contribution in [-0.2, 0) is 10.4 Å². The zero-order valence-electron chi connectivity index (χ0n) is 10.0. The van der Waals surface area contributed by atoms with Crippen LogP contribution in [0.3, 0.4) is 0 Å². The van der Waals surface area contributed by atoms with Crippen molar-refractivity contribution in [2.75, 3.05) is 0 Å². The van der Waals surface area contributed by atoms with E-state index in [4.69, 9.17) is 4.74 Å². The molecular formula is C15H14O3. The van der Waals surface area contributed by atoms with Crippen LogP contribution in [0.1, 0.15) is 12.5 Å². The number of carboxylic acid groups (broad SMARTS) is 1. The van der Waals surface area contributed by atoms with Crippen LogP contribution >= 0.6 is 0 Å². The molecule has 3 nitrogen and oxygen atoms in total. The van der Waals surface area contributed by atoms with Crippen LogP contribution in [0.4, 0.5) is 0 Å². The average Bonchev–Trinajstić information content (AvgIpc) is 2.40. The first-order valence-electron chi connectivity index (χ1n) is 5.66. The van der Waals surface area contributed by atoms with Gasteiger partial charge in [-0.05, 0) is 19.1 Å². The molecule has 92 valence electrons. The molecule has 0 unspecified atom stereocenters. The van der Waals surface area contributed by atoms with Gasteiger partial charge in [-0.1, -0.05) is 48.5 Å². The smallest absolute Gasteiger partial charge is 0.352 e. The SMILES string of the molecule is C[C@@](Oc1ccccc1)(C(=O)O)c1ccccc1. The number of ether oxygens (including phenoxy) is 1. The zero-order chi connectivity index (χ0) is 13.0. The van der Waals surface area contributed by atoms with Crippen LogP contribution < -0.4 is 4.74 Å². The summed E-state index contributed by atoms with van der Waals surface area (Å²) in [7, 11) is 0. The fourth-order valence-corrected chi connectivity index (χ4v) is 1.71. The van der Waals surface area contributed by atoms with Crippen LogP contribution in [0.2, 0.25) is 0 Å². The van der Waals surface area contributed by atoms with E-state index in [-0.39, 0.29) is 0 Å². The average molecular weight is 242 g/mol. The molecule has 2 aromatic carbocycles. The van der Waals surface area contributed by atoms with Crippen molar-refractivity contribution in [2.24, 2.45) is 0 Å². The van der Waals surface area contributed by atoms with E-state index >= 15 is 0 Å². The molecule has 0 amide bonds. The molecule has 3 heteroatoms. The third-order valence-electron chi connectivity index (χ3n) is 2.80. The van der Waals surface area contributed by atoms with Crippen LogP contribution in [-0.4, -0.2) is 11.1 Å². The number of carboxylic acids is 1. The van der Waals surface area contributed by atoms with Crippen LogP contribution in [0.5, 0.6) is 5.75 Å². The van der Waals surface area contributed by atoms with Crippen molar-refractivity contribution in [3.63, 3.8) is 0 Å². The molecule has 0 saturated heterocycles. The molecule has 2 aromatic rings. The van der Waals surface area contributed by atoms with Gasteiger partial charge < -0.3 is 9.84 Å². The van der Waals surface area contributed by atoms with Crippen molar-refractivity contribution in [1.29, 1.82) is 0 Å². The predicted octanol–water partition coefficient (Wildman–Crippen LogP) is 3.07. The number of para-hydroxylation sites is 1. The normalized spacial score (nSPS) is 13.6. The minimum atomic E-state index is -1.39. The lowest BCUT2D eigenvalue weighted by atomic mass is 9.96. The van der Waals surface area contributed by atoms with Gasteiger partial charge in [-0.25, -0.2) is 4.79 Å². The minimum absolute atomic E-state index is 0.534. The van der Waals surface area contributed by atoms with E-state index in [9.17, 15) is 9.90 Å². The van der Waals surface area contributed by atoms with Crippen molar-refractivity contribution in [2.45, 2.75) is 12.5 Å². The molecule has 1 atom stereocenters. The summed E-state index contributed by atoms with van der Waals surface area (Å²) >= 11 is 0. The Hall–Kier alpha value is -2.29. The first kappa shape index (κ1) is 12.2. The van der Waals surface area contributed by atoms with E-state index in [0.717, 1.165) is 0 Å². The van der Waals surface area contributed by atoms with Crippen LogP contribution in [0, 0.1) is 0 Å². The van der Waals surface area contributed by atoms with Gasteiger partial charge in [0.1, 0.15) is 5.75 Å². The molecule has 0 spiro atoms. The second-order valence-corrected chi connectivity index (χ2v) is 4.12. The number of rotatable bonds is 4. The Morgan fingerprint density at radius 1 is 1.00 bits per heavy atom. The van der Waals surface area contributed by atoms with Crippen molar-refractivity contribution in [1.82, 2.24) is 0 Å². The number of hydrogen-bond acceptors (Lipinski definition) is 2. The molecule has 18 heavy (non-hydrogen) atoms. The predicted molar refractivity (Wildman–Crippen MR) is 68.5 cm³/mol. The molecule has 0 aliphatic rings. The Bertz CT molecular complexity index is 522. The molecule has 0 aliphatic carbocycles. The van der Waals surface area contributed by atoms with Gasteiger partial charge in [0.15, 0.2) is 0 Å². The third-order valence-corrected chi connectivity index (χ3v) is 2.80. The summed E-state index contributed by atoms with van der Waals surface area (Å²) < 4.78 is 5.65. The van der Waals surface area contributed by atoms with Gasteiger partial charge >= 0.3 is 5.97 Å². The van der Waals surface area contributed by atoms with E-state index in [1.165, 1.54) is 0 Å². The summed E-state index contributed by atoms with van der Waals surface area (Å²) in [5, 5.41) is 9.42. The second-order valence-electron chi connectivity index (χ2n) is 4.12. The fourth-order valence-electron chi connectivity index (χ4n) is 1.71. The van der Waals surface area contributed by atoms with E-state index in [1.54, 1.807) is 43.3 Å². The number of hydrogen-bond donors (Lipinski definition) is 1. The second kappa shape index (κ2) is 4.92. The maximum atomic E-state index is 11.5. The summed E-state index contributed by atoms with van der Waals surface area (Å²) in [5.41, 5.74) is -0.774. The summed E-state index contributed by atoms with van der Waals surface area (Å²) in [4.78, 5) is 11.5. The standard InChI is InChI=1S/C15H14O3/c1-15(14(16)17,12-8-4-2-5-9-12)18-13-10-6-3-7-11-13/h2-11H,1H3,(H,16,17)/t15-/m0/s1. The lowest BCUT2D eigenvalue weighted by molar-refractivity contribution is -0.154. The molecule has 0 fully saturated rings. The molecule has 2 rings (SSSR count). The number of benzene rings is 2. The van der Waals surface area contributed by atoms with Crippen molar-refractivity contribution >= 4 is 5.97 Å². The maximum absolute atomic E-state index is 11.5. The highest BCUT2D eigenvalue weighted by Crippen LogP contribution is 2.28. The Labute approximate surface area is 106 Å². The Balaban J connectivity index is 2.37. The molecule has 0 aromatic heterocycles. The topological polar surface area (TPSA) is 46.5 Å². The highest BCUT2D eigenvalue weighted by molar-refractivity contribution is 5.79. The zero-order valence-corrected chi connectivity index (χ0v) is 10.0. The summed E-state index contributed by atoms with van der Waals surface area (Å²) in [6, 6.07) is 17.9. The van der Waals surface area contributed by atoms with Crippen molar-refractivity contribution in [3.8, 4) is 5.75 Å². The molecule has 0 aliphatic heterocycles. The first-order valence-corrected chi connectivity index (χ1v) is 5.66. The van der Waals surface area contributed by atoms with Gasteiger partial charge in [-0.3, -0.25) is 0 Å². The van der Waals surface area contributed by atoms with E-state index in [1.807, 2.05) is 24.3 Å². The number of aliphatic carboxylic acids is 1. The van der Waals surface area contributed by atoms with Gasteiger partial charge in [0.05, 0.1) is 0 Å². The van der Waals surface area contributed by atoms with E-state index in [0.29, 0.717) is 11.3 Å². The molecular weight excluding hydrogens is 228 g/mol. The molecule has 0 bridgehead atoms. The van der Waals surface area contributed by atoms with Gasteiger partial charge in [0.25, 0.3) is 0 Å². The van der Waals surface area contributed by atoms with Crippen LogP contribution in [0.25, 0.3) is 0 Å². The van der Waals surface area contributed by atoms with Gasteiger partial charge in [0.2, 0.25) is 5.60 Å². The van der Waals surface area contributed by atoms with Crippen LogP contribution in [0.15, 0.2) is 60.7 Å².